The molecule has 4 nitrogen and oxygen atoms in total. The molecular weight excluding hydrogens is 202 g/mol. The van der Waals surface area contributed by atoms with Crippen LogP contribution in [0.1, 0.15) is 5.56 Å². The van der Waals surface area contributed by atoms with E-state index in [1.165, 1.54) is 5.56 Å². The monoisotopic (exact) mass is 217 g/mol. The van der Waals surface area contributed by atoms with E-state index in [9.17, 15) is 0 Å². The van der Waals surface area contributed by atoms with Crippen LogP contribution in [0.5, 0.6) is 5.75 Å². The number of anilines is 1. The Morgan fingerprint density at radius 1 is 1.31 bits per heavy atom. The minimum Gasteiger partial charge on any atom is -0.508 e. The van der Waals surface area contributed by atoms with Gasteiger partial charge in [-0.2, -0.15) is 0 Å². The Balaban J connectivity index is 1.84. The molecule has 1 aromatic heterocycles. The number of nitrogens with one attached hydrogen (secondary N) is 1. The summed E-state index contributed by atoms with van der Waals surface area (Å²) in [5.74, 6) is 1.18. The maximum absolute atomic E-state index is 9.14. The van der Waals surface area contributed by atoms with Gasteiger partial charge >= 0.3 is 0 Å². The third-order valence-corrected chi connectivity index (χ3v) is 2.45. The molecule has 84 valence electrons. The van der Waals surface area contributed by atoms with E-state index in [1.54, 1.807) is 18.3 Å². The first-order valence-corrected chi connectivity index (χ1v) is 5.25. The van der Waals surface area contributed by atoms with Crippen molar-refractivity contribution in [1.82, 2.24) is 9.55 Å². The first-order chi connectivity index (χ1) is 7.75. The van der Waals surface area contributed by atoms with E-state index in [2.05, 4.69) is 10.3 Å². The summed E-state index contributed by atoms with van der Waals surface area (Å²) in [4.78, 5) is 4.17. The Hall–Kier alpha value is -1.97. The second kappa shape index (κ2) is 4.70. The predicted molar refractivity (Wildman–Crippen MR) is 63.5 cm³/mol. The standard InChI is InChI=1S/C12H15N3O/c1-15-9-8-14-12(15)13-7-6-10-2-4-11(16)5-3-10/h2-5,8-9,16H,6-7H2,1H3,(H,13,14). The lowest BCUT2D eigenvalue weighted by molar-refractivity contribution is 0.475. The van der Waals surface area contributed by atoms with Crippen LogP contribution in [0.25, 0.3) is 0 Å². The SMILES string of the molecule is Cn1ccnc1NCCc1ccc(O)cc1. The molecule has 0 saturated heterocycles. The van der Waals surface area contributed by atoms with Crippen molar-refractivity contribution in [1.29, 1.82) is 0 Å². The zero-order chi connectivity index (χ0) is 11.4. The number of phenols is 1. The van der Waals surface area contributed by atoms with E-state index >= 15 is 0 Å². The largest absolute Gasteiger partial charge is 0.508 e. The van der Waals surface area contributed by atoms with Crippen LogP contribution in [0.4, 0.5) is 5.95 Å². The quantitative estimate of drug-likeness (QED) is 0.820. The molecule has 4 heteroatoms. The number of aryl methyl sites for hydroxylation is 1. The van der Waals surface area contributed by atoms with Gasteiger partial charge in [0.05, 0.1) is 0 Å². The topological polar surface area (TPSA) is 50.1 Å². The Morgan fingerprint density at radius 2 is 2.06 bits per heavy atom. The number of rotatable bonds is 4. The summed E-state index contributed by atoms with van der Waals surface area (Å²) in [5, 5.41) is 12.4. The van der Waals surface area contributed by atoms with Crippen LogP contribution in [0, 0.1) is 0 Å². The Morgan fingerprint density at radius 3 is 2.69 bits per heavy atom. The number of imidazole rings is 1. The van der Waals surface area contributed by atoms with E-state index in [0.717, 1.165) is 18.9 Å². The van der Waals surface area contributed by atoms with Crippen molar-refractivity contribution in [2.24, 2.45) is 7.05 Å². The lowest BCUT2D eigenvalue weighted by Crippen LogP contribution is -2.08. The lowest BCUT2D eigenvalue weighted by Gasteiger charge is -2.05. The minimum atomic E-state index is 0.306. The molecule has 0 saturated carbocycles. The van der Waals surface area contributed by atoms with Crippen LogP contribution in [0.3, 0.4) is 0 Å². The summed E-state index contributed by atoms with van der Waals surface area (Å²) in [5.41, 5.74) is 1.19. The van der Waals surface area contributed by atoms with Crippen LogP contribution in [-0.2, 0) is 13.5 Å². The van der Waals surface area contributed by atoms with Crippen molar-refractivity contribution < 1.29 is 5.11 Å². The van der Waals surface area contributed by atoms with Crippen molar-refractivity contribution >= 4 is 5.95 Å². The Kier molecular flexibility index (Phi) is 3.10. The van der Waals surface area contributed by atoms with E-state index < -0.39 is 0 Å². The van der Waals surface area contributed by atoms with Crippen LogP contribution in [-0.4, -0.2) is 21.2 Å². The minimum absolute atomic E-state index is 0.306. The normalized spacial score (nSPS) is 10.3. The summed E-state index contributed by atoms with van der Waals surface area (Å²) < 4.78 is 1.94. The molecule has 2 rings (SSSR count). The van der Waals surface area contributed by atoms with E-state index in [-0.39, 0.29) is 0 Å². The van der Waals surface area contributed by atoms with Crippen molar-refractivity contribution in [3.8, 4) is 5.75 Å². The molecule has 0 amide bonds. The molecule has 0 spiro atoms. The molecule has 0 radical (unpaired) electrons. The predicted octanol–water partition coefficient (Wildman–Crippen LogP) is 1.78. The van der Waals surface area contributed by atoms with E-state index in [1.807, 2.05) is 29.9 Å². The second-order valence-electron chi connectivity index (χ2n) is 3.70. The second-order valence-corrected chi connectivity index (χ2v) is 3.70. The molecule has 1 aromatic carbocycles. The van der Waals surface area contributed by atoms with Crippen LogP contribution in [0.15, 0.2) is 36.7 Å². The lowest BCUT2D eigenvalue weighted by atomic mass is 10.1. The van der Waals surface area contributed by atoms with Gasteiger partial charge in [0.25, 0.3) is 0 Å². The molecule has 0 aliphatic heterocycles. The molecule has 16 heavy (non-hydrogen) atoms. The molecule has 0 fully saturated rings. The van der Waals surface area contributed by atoms with Crippen molar-refractivity contribution in [2.45, 2.75) is 6.42 Å². The number of phenolic OH excluding ortho intramolecular Hbond substituents is 1. The summed E-state index contributed by atoms with van der Waals surface area (Å²) in [7, 11) is 1.95. The first-order valence-electron chi connectivity index (χ1n) is 5.25. The Labute approximate surface area is 94.6 Å². The van der Waals surface area contributed by atoms with Gasteiger partial charge in [0.1, 0.15) is 5.75 Å². The highest BCUT2D eigenvalue weighted by Crippen LogP contribution is 2.10. The van der Waals surface area contributed by atoms with Gasteiger partial charge in [-0.05, 0) is 24.1 Å². The number of nitrogens with zero attached hydrogens (tertiary/aromatic N) is 2. The highest BCUT2D eigenvalue weighted by Gasteiger charge is 1.97. The number of hydrogen-bond acceptors (Lipinski definition) is 3. The highest BCUT2D eigenvalue weighted by molar-refractivity contribution is 5.28. The van der Waals surface area contributed by atoms with Gasteiger partial charge in [0.15, 0.2) is 0 Å². The third-order valence-electron chi connectivity index (χ3n) is 2.45. The fourth-order valence-electron chi connectivity index (χ4n) is 1.52. The van der Waals surface area contributed by atoms with Gasteiger partial charge in [0.2, 0.25) is 5.95 Å². The van der Waals surface area contributed by atoms with Gasteiger partial charge in [-0.25, -0.2) is 4.98 Å². The zero-order valence-corrected chi connectivity index (χ0v) is 9.22. The molecule has 0 unspecified atom stereocenters. The maximum Gasteiger partial charge on any atom is 0.202 e. The summed E-state index contributed by atoms with van der Waals surface area (Å²) in [6, 6.07) is 7.26. The molecule has 0 bridgehead atoms. The van der Waals surface area contributed by atoms with Gasteiger partial charge < -0.3 is 15.0 Å². The van der Waals surface area contributed by atoms with Crippen molar-refractivity contribution in [2.75, 3.05) is 11.9 Å². The van der Waals surface area contributed by atoms with E-state index in [4.69, 9.17) is 5.11 Å². The fraction of sp³-hybridized carbons (Fsp3) is 0.250. The average Bonchev–Trinajstić information content (AvgIpc) is 2.68. The van der Waals surface area contributed by atoms with Crippen LogP contribution >= 0.6 is 0 Å². The van der Waals surface area contributed by atoms with Crippen LogP contribution < -0.4 is 5.32 Å². The smallest absolute Gasteiger partial charge is 0.202 e. The number of hydrogen-bond donors (Lipinski definition) is 2. The molecule has 2 aromatic rings. The Bertz CT molecular complexity index is 448. The molecule has 2 N–H and O–H groups in total. The summed E-state index contributed by atoms with van der Waals surface area (Å²) >= 11 is 0. The molecular formula is C12H15N3O. The third kappa shape index (κ3) is 2.53. The van der Waals surface area contributed by atoms with Gasteiger partial charge in [-0.1, -0.05) is 12.1 Å². The number of benzene rings is 1. The highest BCUT2D eigenvalue weighted by atomic mass is 16.3. The summed E-state index contributed by atoms with van der Waals surface area (Å²) in [6.07, 6.45) is 4.58. The fourth-order valence-corrected chi connectivity index (χ4v) is 1.52. The average molecular weight is 217 g/mol. The van der Waals surface area contributed by atoms with Crippen molar-refractivity contribution in [3.05, 3.63) is 42.2 Å². The number of aromatic hydroxyl groups is 1. The van der Waals surface area contributed by atoms with Gasteiger partial charge in [0, 0.05) is 26.0 Å². The zero-order valence-electron chi connectivity index (χ0n) is 9.22. The van der Waals surface area contributed by atoms with E-state index in [0.29, 0.717) is 5.75 Å². The van der Waals surface area contributed by atoms with Crippen molar-refractivity contribution in [3.63, 3.8) is 0 Å². The molecule has 0 aliphatic carbocycles. The maximum atomic E-state index is 9.14. The molecule has 0 aliphatic rings. The van der Waals surface area contributed by atoms with Gasteiger partial charge in [-0.3, -0.25) is 0 Å². The molecule has 0 atom stereocenters. The van der Waals surface area contributed by atoms with Crippen LogP contribution in [0.2, 0.25) is 0 Å². The summed E-state index contributed by atoms with van der Waals surface area (Å²) in [6.45, 7) is 0.829. The number of aromatic nitrogens is 2. The molecule has 1 heterocycles. The van der Waals surface area contributed by atoms with Gasteiger partial charge in [-0.15, -0.1) is 0 Å². The first kappa shape index (κ1) is 10.5.